The molecule has 1 heterocycles. The van der Waals surface area contributed by atoms with Gasteiger partial charge >= 0.3 is 0 Å². The lowest BCUT2D eigenvalue weighted by atomic mass is 10.4. The largest absolute Gasteiger partial charge is 0.396 e. The fourth-order valence-corrected chi connectivity index (χ4v) is 1.43. The Kier molecular flexibility index (Phi) is 4.62. The Hall–Kier alpha value is -0.870. The van der Waals surface area contributed by atoms with Crippen molar-refractivity contribution in [3.63, 3.8) is 0 Å². The van der Waals surface area contributed by atoms with Gasteiger partial charge in [0.05, 0.1) is 0 Å². The zero-order valence-electron chi connectivity index (χ0n) is 8.15. The molecular weight excluding hydrogens is 202 g/mol. The van der Waals surface area contributed by atoms with Crippen molar-refractivity contribution in [2.75, 3.05) is 24.6 Å². The number of halogens is 1. The maximum Gasteiger partial charge on any atom is 0.171 e. The second-order valence-electron chi connectivity index (χ2n) is 2.83. The molecule has 78 valence electrons. The molecule has 5 heteroatoms. The van der Waals surface area contributed by atoms with Gasteiger partial charge < -0.3 is 10.0 Å². The molecule has 0 unspecified atom stereocenters. The zero-order valence-corrected chi connectivity index (χ0v) is 8.91. The molecule has 1 N–H and O–H groups in total. The number of aliphatic hydroxyl groups excluding tert-OH is 1. The van der Waals surface area contributed by atoms with Gasteiger partial charge in [-0.05, 0) is 13.3 Å². The van der Waals surface area contributed by atoms with Gasteiger partial charge in [0, 0.05) is 32.1 Å². The molecule has 0 radical (unpaired) electrons. The molecule has 0 saturated heterocycles. The van der Waals surface area contributed by atoms with Crippen LogP contribution in [0.3, 0.4) is 0 Å². The molecule has 0 bridgehead atoms. The molecule has 1 rings (SSSR count). The lowest BCUT2D eigenvalue weighted by molar-refractivity contribution is 0.289. The van der Waals surface area contributed by atoms with E-state index >= 15 is 0 Å². The van der Waals surface area contributed by atoms with Gasteiger partial charge in [0.2, 0.25) is 0 Å². The van der Waals surface area contributed by atoms with Gasteiger partial charge in [-0.1, -0.05) is 11.6 Å². The molecule has 0 atom stereocenters. The summed E-state index contributed by atoms with van der Waals surface area (Å²) in [7, 11) is 0. The van der Waals surface area contributed by atoms with Crippen LogP contribution in [0.1, 0.15) is 13.3 Å². The first-order valence-corrected chi connectivity index (χ1v) is 4.99. The number of hydrogen-bond acceptors (Lipinski definition) is 4. The lowest BCUT2D eigenvalue weighted by Crippen LogP contribution is -2.26. The van der Waals surface area contributed by atoms with E-state index in [0.717, 1.165) is 13.1 Å². The Morgan fingerprint density at radius 1 is 1.43 bits per heavy atom. The van der Waals surface area contributed by atoms with Gasteiger partial charge in [0.1, 0.15) is 0 Å². The van der Waals surface area contributed by atoms with Crippen LogP contribution in [-0.4, -0.2) is 34.8 Å². The van der Waals surface area contributed by atoms with Gasteiger partial charge in [-0.15, -0.1) is 0 Å². The highest BCUT2D eigenvalue weighted by Gasteiger charge is 2.09. The van der Waals surface area contributed by atoms with Crippen LogP contribution in [0.15, 0.2) is 12.4 Å². The fraction of sp³-hybridized carbons (Fsp3) is 0.556. The summed E-state index contributed by atoms with van der Waals surface area (Å²) in [6, 6.07) is 0. The summed E-state index contributed by atoms with van der Waals surface area (Å²) in [6.45, 7) is 3.74. The lowest BCUT2D eigenvalue weighted by Gasteiger charge is -2.21. The van der Waals surface area contributed by atoms with Gasteiger partial charge in [0.15, 0.2) is 11.0 Å². The van der Waals surface area contributed by atoms with E-state index in [4.69, 9.17) is 16.7 Å². The van der Waals surface area contributed by atoms with Gasteiger partial charge in [-0.3, -0.25) is 0 Å². The van der Waals surface area contributed by atoms with E-state index in [0.29, 0.717) is 17.4 Å². The molecule has 4 nitrogen and oxygen atoms in total. The molecule has 0 aromatic carbocycles. The number of nitrogens with zero attached hydrogens (tertiary/aromatic N) is 3. The fourth-order valence-electron chi connectivity index (χ4n) is 1.20. The molecule has 1 aromatic heterocycles. The van der Waals surface area contributed by atoms with E-state index in [2.05, 4.69) is 9.97 Å². The van der Waals surface area contributed by atoms with E-state index in [1.54, 1.807) is 12.4 Å². The Morgan fingerprint density at radius 2 is 2.14 bits per heavy atom. The Labute approximate surface area is 88.6 Å². The summed E-state index contributed by atoms with van der Waals surface area (Å²) in [5.74, 6) is 0.685. The van der Waals surface area contributed by atoms with Crippen molar-refractivity contribution in [3.8, 4) is 0 Å². The number of aromatic nitrogens is 2. The van der Waals surface area contributed by atoms with Crippen molar-refractivity contribution in [1.82, 2.24) is 9.97 Å². The molecule has 0 saturated carbocycles. The van der Waals surface area contributed by atoms with Crippen LogP contribution in [0, 0.1) is 0 Å². The zero-order chi connectivity index (χ0) is 10.4. The standard InChI is InChI=1S/C9H14ClN3O/c1-2-13(6-3-7-14)9-8(10)11-4-5-12-9/h4-5,14H,2-3,6-7H2,1H3. The predicted octanol–water partition coefficient (Wildman–Crippen LogP) is 1.34. The molecule has 14 heavy (non-hydrogen) atoms. The molecule has 0 aliphatic rings. The molecule has 0 amide bonds. The molecule has 0 spiro atoms. The summed E-state index contributed by atoms with van der Waals surface area (Å²) in [6.07, 6.45) is 3.88. The van der Waals surface area contributed by atoms with E-state index in [1.807, 2.05) is 11.8 Å². The average Bonchev–Trinajstić information content (AvgIpc) is 2.21. The second-order valence-corrected chi connectivity index (χ2v) is 3.19. The molecule has 0 aliphatic heterocycles. The minimum Gasteiger partial charge on any atom is -0.396 e. The average molecular weight is 216 g/mol. The highest BCUT2D eigenvalue weighted by atomic mass is 35.5. The molecule has 1 aromatic rings. The topological polar surface area (TPSA) is 49.2 Å². The summed E-state index contributed by atoms with van der Waals surface area (Å²) in [5, 5.41) is 9.14. The molecular formula is C9H14ClN3O. The van der Waals surface area contributed by atoms with Crippen molar-refractivity contribution in [2.24, 2.45) is 0 Å². The number of aliphatic hydroxyl groups is 1. The summed E-state index contributed by atoms with van der Waals surface area (Å²) < 4.78 is 0. The highest BCUT2D eigenvalue weighted by molar-refractivity contribution is 6.31. The molecule has 0 fully saturated rings. The smallest absolute Gasteiger partial charge is 0.171 e. The summed E-state index contributed by atoms with van der Waals surface area (Å²) >= 11 is 5.90. The van der Waals surface area contributed by atoms with Gasteiger partial charge in [0.25, 0.3) is 0 Å². The van der Waals surface area contributed by atoms with E-state index in [-0.39, 0.29) is 6.61 Å². The van der Waals surface area contributed by atoms with Crippen molar-refractivity contribution < 1.29 is 5.11 Å². The normalized spacial score (nSPS) is 10.2. The minimum absolute atomic E-state index is 0.175. The van der Waals surface area contributed by atoms with Crippen LogP contribution in [0.4, 0.5) is 5.82 Å². The number of anilines is 1. The maximum absolute atomic E-state index is 8.73. The first-order chi connectivity index (χ1) is 6.79. The number of rotatable bonds is 5. The van der Waals surface area contributed by atoms with Crippen LogP contribution in [-0.2, 0) is 0 Å². The maximum atomic E-state index is 8.73. The van der Waals surface area contributed by atoms with Crippen molar-refractivity contribution in [1.29, 1.82) is 0 Å². The second kappa shape index (κ2) is 5.78. The third kappa shape index (κ3) is 2.82. The van der Waals surface area contributed by atoms with E-state index in [9.17, 15) is 0 Å². The number of hydrogen-bond donors (Lipinski definition) is 1. The Bertz CT molecular complexity index is 283. The van der Waals surface area contributed by atoms with Crippen LogP contribution < -0.4 is 4.90 Å². The van der Waals surface area contributed by atoms with Gasteiger partial charge in [-0.2, -0.15) is 0 Å². The minimum atomic E-state index is 0.175. The third-order valence-electron chi connectivity index (χ3n) is 1.90. The van der Waals surface area contributed by atoms with E-state index < -0.39 is 0 Å². The van der Waals surface area contributed by atoms with Crippen LogP contribution in [0.2, 0.25) is 5.15 Å². The molecule has 0 aliphatic carbocycles. The van der Waals surface area contributed by atoms with Gasteiger partial charge in [-0.25, -0.2) is 9.97 Å². The predicted molar refractivity (Wildman–Crippen MR) is 56.6 cm³/mol. The highest BCUT2D eigenvalue weighted by Crippen LogP contribution is 2.19. The Balaban J connectivity index is 2.73. The summed E-state index contributed by atoms with van der Waals surface area (Å²) in [4.78, 5) is 10.1. The van der Waals surface area contributed by atoms with E-state index in [1.165, 1.54) is 0 Å². The summed E-state index contributed by atoms with van der Waals surface area (Å²) in [5.41, 5.74) is 0. The quantitative estimate of drug-likeness (QED) is 0.806. The Morgan fingerprint density at radius 3 is 2.71 bits per heavy atom. The monoisotopic (exact) mass is 215 g/mol. The van der Waals surface area contributed by atoms with Crippen LogP contribution in [0.25, 0.3) is 0 Å². The van der Waals surface area contributed by atoms with Crippen LogP contribution in [0.5, 0.6) is 0 Å². The third-order valence-corrected chi connectivity index (χ3v) is 2.17. The first kappa shape index (κ1) is 11.2. The SMILES string of the molecule is CCN(CCCO)c1nccnc1Cl. The first-order valence-electron chi connectivity index (χ1n) is 4.62. The van der Waals surface area contributed by atoms with Crippen molar-refractivity contribution in [2.45, 2.75) is 13.3 Å². The van der Waals surface area contributed by atoms with Crippen molar-refractivity contribution >= 4 is 17.4 Å². The van der Waals surface area contributed by atoms with Crippen LogP contribution >= 0.6 is 11.6 Å². The van der Waals surface area contributed by atoms with Crippen molar-refractivity contribution in [3.05, 3.63) is 17.5 Å².